The second-order valence-electron chi connectivity index (χ2n) is 11.9. The fourth-order valence-electron chi connectivity index (χ4n) is 4.93. The van der Waals surface area contributed by atoms with Crippen molar-refractivity contribution < 1.29 is 28.7 Å². The van der Waals surface area contributed by atoms with E-state index in [0.717, 1.165) is 16.5 Å². The molecule has 226 valence electrons. The molecule has 2 aliphatic heterocycles. The number of nitrogens with zero attached hydrogens (tertiary/aromatic N) is 2. The van der Waals surface area contributed by atoms with Crippen LogP contribution in [-0.4, -0.2) is 72.1 Å². The van der Waals surface area contributed by atoms with Crippen LogP contribution in [0.5, 0.6) is 0 Å². The minimum Gasteiger partial charge on any atom is -0.451 e. The first-order valence-electron chi connectivity index (χ1n) is 14.4. The van der Waals surface area contributed by atoms with Gasteiger partial charge in [-0.25, -0.2) is 5.43 Å². The summed E-state index contributed by atoms with van der Waals surface area (Å²) in [6.07, 6.45) is 3.54. The van der Waals surface area contributed by atoms with Crippen LogP contribution in [0, 0.1) is 11.3 Å². The number of methoxy groups -OCH3 is 1. The predicted octanol–water partition coefficient (Wildman–Crippen LogP) is 2.66. The Morgan fingerprint density at radius 1 is 1.10 bits per heavy atom. The summed E-state index contributed by atoms with van der Waals surface area (Å²) < 4.78 is 11.0. The van der Waals surface area contributed by atoms with Crippen LogP contribution in [0.3, 0.4) is 0 Å². The Morgan fingerprint density at radius 2 is 1.83 bits per heavy atom. The third-order valence-corrected chi connectivity index (χ3v) is 7.57. The summed E-state index contributed by atoms with van der Waals surface area (Å²) in [6, 6.07) is 7.54. The van der Waals surface area contributed by atoms with E-state index in [4.69, 9.17) is 14.5 Å². The summed E-state index contributed by atoms with van der Waals surface area (Å²) in [5.74, 6) is -2.25. The normalized spacial score (nSPS) is 26.5. The zero-order valence-electron chi connectivity index (χ0n) is 25.1. The Morgan fingerprint density at radius 3 is 2.55 bits per heavy atom. The molecule has 4 atom stereocenters. The Bertz CT molecular complexity index is 1370. The Kier molecular flexibility index (Phi) is 9.63. The second kappa shape index (κ2) is 13.0. The summed E-state index contributed by atoms with van der Waals surface area (Å²) in [6.45, 7) is 9.08. The van der Waals surface area contributed by atoms with Crippen molar-refractivity contribution in [2.45, 2.75) is 71.7 Å². The number of carbonyl (C=O) groups is 4. The quantitative estimate of drug-likeness (QED) is 0.472. The van der Waals surface area contributed by atoms with Gasteiger partial charge in [-0.2, -0.15) is 0 Å². The van der Waals surface area contributed by atoms with Crippen molar-refractivity contribution in [1.29, 1.82) is 0 Å². The molecule has 0 aliphatic carbocycles. The molecule has 11 heteroatoms. The summed E-state index contributed by atoms with van der Waals surface area (Å²) in [4.78, 5) is 58.2. The maximum atomic E-state index is 13.5. The fraction of sp³-hybridized carbons (Fsp3) is 0.516. The zero-order chi connectivity index (χ0) is 30.6. The van der Waals surface area contributed by atoms with Gasteiger partial charge in [0.05, 0.1) is 29.3 Å². The molecule has 1 unspecified atom stereocenters. The molecule has 3 amide bonds. The molecule has 2 aromatic rings. The Balaban J connectivity index is 1.72. The lowest BCUT2D eigenvalue weighted by Crippen LogP contribution is -2.62. The lowest BCUT2D eigenvalue weighted by Gasteiger charge is -2.36. The van der Waals surface area contributed by atoms with Gasteiger partial charge >= 0.3 is 5.97 Å². The summed E-state index contributed by atoms with van der Waals surface area (Å²) in [5.41, 5.74) is 4.24. The highest BCUT2D eigenvalue weighted by Gasteiger charge is 2.37. The number of nitrogens with one attached hydrogen (secondary N) is 3. The number of carbonyl (C=O) groups excluding carboxylic acids is 4. The van der Waals surface area contributed by atoms with E-state index < -0.39 is 41.4 Å². The average molecular weight is 580 g/mol. The van der Waals surface area contributed by atoms with E-state index >= 15 is 0 Å². The molecule has 1 fully saturated rings. The molecule has 5 bridgehead atoms. The van der Waals surface area contributed by atoms with Crippen LogP contribution in [0.15, 0.2) is 36.4 Å². The average Bonchev–Trinajstić information content (AvgIpc) is 2.96. The molecule has 3 heterocycles. The standard InChI is InChI=1S/C31H41N5O6/c1-18(2)26-28(38)34-25(17-41-6)29(39)36-15-7-8-23(35-36)27(37)32-19(3)22-12-11-21-10-9-20(16-24(21)33-22)13-14-31(4,5)30(40)42-26/h9-14,16,18-19,23,25-26,35H,7-8,15,17H2,1-6H3,(H,32,37)(H,34,38)/b14-13+/t19-,23+,25?,26+/m1/s1. The maximum absolute atomic E-state index is 13.5. The maximum Gasteiger partial charge on any atom is 0.316 e. The van der Waals surface area contributed by atoms with E-state index in [2.05, 4.69) is 16.1 Å². The third-order valence-electron chi connectivity index (χ3n) is 7.57. The number of rotatable bonds is 3. The van der Waals surface area contributed by atoms with Crippen LogP contribution in [0.1, 0.15) is 64.8 Å². The molecular formula is C31H41N5O6. The number of pyridine rings is 1. The van der Waals surface area contributed by atoms with Gasteiger partial charge in [-0.1, -0.05) is 44.2 Å². The molecule has 0 saturated carbocycles. The smallest absolute Gasteiger partial charge is 0.316 e. The molecule has 11 nitrogen and oxygen atoms in total. The number of cyclic esters (lactones) is 1. The first-order valence-corrected chi connectivity index (χ1v) is 14.4. The molecule has 0 radical (unpaired) electrons. The van der Waals surface area contributed by atoms with E-state index in [1.165, 1.54) is 12.1 Å². The van der Waals surface area contributed by atoms with Crippen molar-refractivity contribution in [3.8, 4) is 0 Å². The van der Waals surface area contributed by atoms with Gasteiger partial charge in [0.1, 0.15) is 12.1 Å². The first kappa shape index (κ1) is 31.1. The van der Waals surface area contributed by atoms with Gasteiger partial charge in [0, 0.05) is 19.0 Å². The van der Waals surface area contributed by atoms with Gasteiger partial charge in [-0.3, -0.25) is 29.2 Å². The SMILES string of the molecule is COCC1NC(=O)[C@H](C(C)C)OC(=O)C(C)(C)/C=C/c2ccc3ccc(nc3c2)[C@@H](C)NC(=O)[C@@H]2CCCN(N2)C1=O. The molecule has 4 rings (SSSR count). The van der Waals surface area contributed by atoms with Crippen LogP contribution in [0.25, 0.3) is 17.0 Å². The Hall–Kier alpha value is -3.83. The highest BCUT2D eigenvalue weighted by atomic mass is 16.5. The van der Waals surface area contributed by atoms with Crippen molar-refractivity contribution in [2.75, 3.05) is 20.3 Å². The van der Waals surface area contributed by atoms with Crippen molar-refractivity contribution >= 4 is 40.7 Å². The summed E-state index contributed by atoms with van der Waals surface area (Å²) >= 11 is 0. The second-order valence-corrected chi connectivity index (χ2v) is 11.9. The summed E-state index contributed by atoms with van der Waals surface area (Å²) in [7, 11) is 1.43. The molecule has 0 spiro atoms. The van der Waals surface area contributed by atoms with E-state index in [0.29, 0.717) is 25.1 Å². The van der Waals surface area contributed by atoms with Gasteiger partial charge in [0.15, 0.2) is 6.10 Å². The predicted molar refractivity (Wildman–Crippen MR) is 158 cm³/mol. The number of aromatic nitrogens is 1. The highest BCUT2D eigenvalue weighted by Crippen LogP contribution is 2.25. The minimum atomic E-state index is -1.14. The largest absolute Gasteiger partial charge is 0.451 e. The number of benzene rings is 1. The first-order chi connectivity index (χ1) is 19.9. The molecule has 2 aliphatic rings. The number of amides is 3. The van der Waals surface area contributed by atoms with Gasteiger partial charge < -0.3 is 20.1 Å². The number of fused-ring (bicyclic) bond motifs is 4. The highest BCUT2D eigenvalue weighted by molar-refractivity contribution is 5.92. The van der Waals surface area contributed by atoms with Crippen molar-refractivity contribution in [2.24, 2.45) is 11.3 Å². The molecule has 3 N–H and O–H groups in total. The van der Waals surface area contributed by atoms with Crippen LogP contribution in [0.2, 0.25) is 0 Å². The lowest BCUT2D eigenvalue weighted by atomic mass is 9.92. The molecule has 1 saturated heterocycles. The van der Waals surface area contributed by atoms with Gasteiger partial charge in [0.25, 0.3) is 11.8 Å². The number of esters is 1. The van der Waals surface area contributed by atoms with Crippen LogP contribution in [0.4, 0.5) is 0 Å². The van der Waals surface area contributed by atoms with Crippen molar-refractivity contribution in [3.05, 3.63) is 47.7 Å². The molecule has 1 aromatic heterocycles. The van der Waals surface area contributed by atoms with E-state index in [1.807, 2.05) is 43.3 Å². The minimum absolute atomic E-state index is 0.101. The van der Waals surface area contributed by atoms with E-state index in [9.17, 15) is 19.2 Å². The summed E-state index contributed by atoms with van der Waals surface area (Å²) in [5, 5.41) is 8.01. The van der Waals surface area contributed by atoms with Gasteiger partial charge in [-0.15, -0.1) is 0 Å². The van der Waals surface area contributed by atoms with Crippen LogP contribution >= 0.6 is 0 Å². The van der Waals surface area contributed by atoms with Gasteiger partial charge in [0.2, 0.25) is 5.91 Å². The molecule has 42 heavy (non-hydrogen) atoms. The molecule has 1 aromatic carbocycles. The van der Waals surface area contributed by atoms with E-state index in [-0.39, 0.29) is 24.5 Å². The Labute approximate surface area is 246 Å². The lowest BCUT2D eigenvalue weighted by molar-refractivity contribution is -0.165. The topological polar surface area (TPSA) is 139 Å². The fourth-order valence-corrected chi connectivity index (χ4v) is 4.93. The zero-order valence-corrected chi connectivity index (χ0v) is 25.1. The number of hydrazine groups is 1. The van der Waals surface area contributed by atoms with Crippen molar-refractivity contribution in [1.82, 2.24) is 26.1 Å². The third kappa shape index (κ3) is 7.14. The number of ether oxygens (including phenoxy) is 2. The van der Waals surface area contributed by atoms with E-state index in [1.54, 1.807) is 33.8 Å². The number of hydrogen-bond acceptors (Lipinski definition) is 8. The monoisotopic (exact) mass is 579 g/mol. The number of hydrogen-bond donors (Lipinski definition) is 3. The van der Waals surface area contributed by atoms with Crippen LogP contribution in [-0.2, 0) is 28.7 Å². The molecular weight excluding hydrogens is 538 g/mol. The van der Waals surface area contributed by atoms with Crippen LogP contribution < -0.4 is 16.1 Å². The van der Waals surface area contributed by atoms with Crippen molar-refractivity contribution in [3.63, 3.8) is 0 Å². The van der Waals surface area contributed by atoms with Gasteiger partial charge in [-0.05, 0) is 57.2 Å².